The van der Waals surface area contributed by atoms with Crippen LogP contribution in [-0.2, 0) is 6.42 Å². The topological polar surface area (TPSA) is 59.0 Å². The zero-order chi connectivity index (χ0) is 14.7. The second-order valence-electron chi connectivity index (χ2n) is 4.63. The van der Waals surface area contributed by atoms with Gasteiger partial charge in [-0.25, -0.2) is 4.79 Å². The molecule has 2 rings (SSSR count). The van der Waals surface area contributed by atoms with Gasteiger partial charge in [0, 0.05) is 11.9 Å². The van der Waals surface area contributed by atoms with Crippen LogP contribution < -0.4 is 9.47 Å². The van der Waals surface area contributed by atoms with Crippen LogP contribution in [0.4, 0.5) is 4.79 Å². The van der Waals surface area contributed by atoms with E-state index in [1.54, 1.807) is 14.2 Å². The van der Waals surface area contributed by atoms with E-state index in [2.05, 4.69) is 15.9 Å². The number of hydrogen-bond donors (Lipinski definition) is 1. The fraction of sp³-hybridized carbons (Fsp3) is 0.500. The lowest BCUT2D eigenvalue weighted by Gasteiger charge is -2.35. The third kappa shape index (κ3) is 2.70. The van der Waals surface area contributed by atoms with Crippen molar-refractivity contribution in [3.63, 3.8) is 0 Å². The molecule has 1 aliphatic rings. The molecule has 0 spiro atoms. The quantitative estimate of drug-likeness (QED) is 0.853. The summed E-state index contributed by atoms with van der Waals surface area (Å²) in [6.07, 6.45) is 0.548. The maximum absolute atomic E-state index is 11.4. The van der Waals surface area contributed by atoms with Gasteiger partial charge in [0.15, 0.2) is 11.5 Å². The van der Waals surface area contributed by atoms with Crippen molar-refractivity contribution in [3.8, 4) is 11.5 Å². The summed E-state index contributed by atoms with van der Waals surface area (Å²) in [6, 6.07) is 3.71. The number of alkyl halides is 1. The van der Waals surface area contributed by atoms with Crippen LogP contribution in [0.1, 0.15) is 23.6 Å². The average Bonchev–Trinajstić information content (AvgIpc) is 2.45. The fourth-order valence-electron chi connectivity index (χ4n) is 2.67. The van der Waals surface area contributed by atoms with Crippen LogP contribution in [0.3, 0.4) is 0 Å². The van der Waals surface area contributed by atoms with Crippen molar-refractivity contribution in [2.24, 2.45) is 0 Å². The van der Waals surface area contributed by atoms with E-state index in [0.29, 0.717) is 24.5 Å². The normalized spacial score (nSPS) is 17.6. The van der Waals surface area contributed by atoms with E-state index >= 15 is 0 Å². The molecule has 110 valence electrons. The van der Waals surface area contributed by atoms with Crippen molar-refractivity contribution in [2.75, 3.05) is 26.1 Å². The molecule has 0 aliphatic carbocycles. The summed E-state index contributed by atoms with van der Waals surface area (Å²) in [5, 5.41) is 10.1. The van der Waals surface area contributed by atoms with Crippen LogP contribution in [-0.4, -0.2) is 42.2 Å². The molecule has 0 bridgehead atoms. The molecule has 1 heterocycles. The second kappa shape index (κ2) is 6.35. The Morgan fingerprint density at radius 1 is 1.40 bits per heavy atom. The van der Waals surface area contributed by atoms with E-state index in [9.17, 15) is 9.90 Å². The Kier molecular flexibility index (Phi) is 4.75. The van der Waals surface area contributed by atoms with Gasteiger partial charge in [-0.3, -0.25) is 0 Å². The number of amides is 1. The summed E-state index contributed by atoms with van der Waals surface area (Å²) < 4.78 is 10.6. The second-order valence-corrected chi connectivity index (χ2v) is 5.42. The zero-order valence-corrected chi connectivity index (χ0v) is 13.1. The van der Waals surface area contributed by atoms with Crippen LogP contribution in [0.2, 0.25) is 0 Å². The van der Waals surface area contributed by atoms with Crippen LogP contribution in [0.15, 0.2) is 12.1 Å². The minimum atomic E-state index is -0.878. The standard InChI is InChI=1S/C14H18BrNO4/c1-19-12-7-9-4-6-16(14(17)18)11(3-5-15)10(9)8-13(12)20-2/h7-8,11H,3-6H2,1-2H3,(H,17,18). The van der Waals surface area contributed by atoms with Gasteiger partial charge in [-0.2, -0.15) is 0 Å². The number of methoxy groups -OCH3 is 2. The van der Waals surface area contributed by atoms with Gasteiger partial charge >= 0.3 is 6.09 Å². The Morgan fingerprint density at radius 3 is 2.60 bits per heavy atom. The van der Waals surface area contributed by atoms with E-state index in [4.69, 9.17) is 9.47 Å². The summed E-state index contributed by atoms with van der Waals surface area (Å²) in [6.45, 7) is 0.509. The molecule has 1 aliphatic heterocycles. The minimum absolute atomic E-state index is 0.143. The van der Waals surface area contributed by atoms with Crippen molar-refractivity contribution >= 4 is 22.0 Å². The fourth-order valence-corrected chi connectivity index (χ4v) is 3.11. The monoisotopic (exact) mass is 343 g/mol. The van der Waals surface area contributed by atoms with Crippen molar-refractivity contribution in [3.05, 3.63) is 23.3 Å². The highest BCUT2D eigenvalue weighted by molar-refractivity contribution is 9.09. The number of carboxylic acid groups (broad SMARTS) is 1. The lowest BCUT2D eigenvalue weighted by Crippen LogP contribution is -2.39. The molecular formula is C14H18BrNO4. The Morgan fingerprint density at radius 2 is 2.05 bits per heavy atom. The van der Waals surface area contributed by atoms with Gasteiger partial charge in [0.1, 0.15) is 0 Å². The van der Waals surface area contributed by atoms with Crippen molar-refractivity contribution in [2.45, 2.75) is 18.9 Å². The largest absolute Gasteiger partial charge is 0.493 e. The Balaban J connectivity index is 2.47. The first kappa shape index (κ1) is 15.0. The molecule has 1 atom stereocenters. The highest BCUT2D eigenvalue weighted by atomic mass is 79.9. The van der Waals surface area contributed by atoms with Crippen molar-refractivity contribution < 1.29 is 19.4 Å². The van der Waals surface area contributed by atoms with Crippen LogP contribution in [0.5, 0.6) is 11.5 Å². The third-order valence-corrected chi connectivity index (χ3v) is 4.09. The predicted molar refractivity (Wildman–Crippen MR) is 79.1 cm³/mol. The van der Waals surface area contributed by atoms with Crippen molar-refractivity contribution in [1.82, 2.24) is 4.90 Å². The number of carbonyl (C=O) groups is 1. The number of halogens is 1. The third-order valence-electron chi connectivity index (χ3n) is 3.63. The highest BCUT2D eigenvalue weighted by Crippen LogP contribution is 2.39. The molecule has 0 saturated carbocycles. The van der Waals surface area contributed by atoms with Crippen molar-refractivity contribution in [1.29, 1.82) is 0 Å². The Labute approximate surface area is 126 Å². The van der Waals surface area contributed by atoms with Gasteiger partial charge in [0.2, 0.25) is 0 Å². The number of ether oxygens (including phenoxy) is 2. The summed E-state index contributed by atoms with van der Waals surface area (Å²) in [5.74, 6) is 1.32. The van der Waals surface area contributed by atoms with E-state index in [1.807, 2.05) is 12.1 Å². The molecule has 0 aromatic heterocycles. The van der Waals surface area contributed by atoms with E-state index in [0.717, 1.165) is 22.9 Å². The highest BCUT2D eigenvalue weighted by Gasteiger charge is 2.31. The molecule has 1 aromatic carbocycles. The molecule has 1 N–H and O–H groups in total. The summed E-state index contributed by atoms with van der Waals surface area (Å²) in [7, 11) is 3.19. The van der Waals surface area contributed by atoms with Gasteiger partial charge in [-0.1, -0.05) is 15.9 Å². The number of benzene rings is 1. The molecular weight excluding hydrogens is 326 g/mol. The Hall–Kier alpha value is -1.43. The Bertz CT molecular complexity index is 506. The van der Waals surface area contributed by atoms with Gasteiger partial charge in [0.05, 0.1) is 20.3 Å². The number of rotatable bonds is 4. The minimum Gasteiger partial charge on any atom is -0.493 e. The van der Waals surface area contributed by atoms with Gasteiger partial charge in [-0.15, -0.1) is 0 Å². The zero-order valence-electron chi connectivity index (χ0n) is 11.6. The predicted octanol–water partition coefficient (Wildman–Crippen LogP) is 3.07. The van der Waals surface area contributed by atoms with Crippen LogP contribution >= 0.6 is 15.9 Å². The van der Waals surface area contributed by atoms with E-state index in [1.165, 1.54) is 4.90 Å². The summed E-state index contributed by atoms with van der Waals surface area (Å²) in [5.41, 5.74) is 2.14. The van der Waals surface area contributed by atoms with Crippen LogP contribution in [0.25, 0.3) is 0 Å². The van der Waals surface area contributed by atoms with Gasteiger partial charge in [-0.05, 0) is 36.1 Å². The van der Waals surface area contributed by atoms with Gasteiger partial charge < -0.3 is 19.5 Å². The molecule has 20 heavy (non-hydrogen) atoms. The molecule has 1 amide bonds. The molecule has 0 fully saturated rings. The number of fused-ring (bicyclic) bond motifs is 1. The summed E-state index contributed by atoms with van der Waals surface area (Å²) >= 11 is 3.40. The first-order valence-corrected chi connectivity index (χ1v) is 7.54. The molecule has 5 nitrogen and oxygen atoms in total. The lowest BCUT2D eigenvalue weighted by atomic mass is 9.91. The number of nitrogens with zero attached hydrogens (tertiary/aromatic N) is 1. The molecule has 0 saturated heterocycles. The number of hydrogen-bond acceptors (Lipinski definition) is 3. The van der Waals surface area contributed by atoms with Crippen LogP contribution in [0, 0.1) is 0 Å². The lowest BCUT2D eigenvalue weighted by molar-refractivity contribution is 0.119. The SMILES string of the molecule is COc1cc2c(cc1OC)C(CCBr)N(C(=O)O)CC2. The smallest absolute Gasteiger partial charge is 0.407 e. The first-order valence-electron chi connectivity index (χ1n) is 6.42. The average molecular weight is 344 g/mol. The summed E-state index contributed by atoms with van der Waals surface area (Å²) in [4.78, 5) is 12.9. The van der Waals surface area contributed by atoms with E-state index in [-0.39, 0.29) is 6.04 Å². The van der Waals surface area contributed by atoms with E-state index < -0.39 is 6.09 Å². The molecule has 1 aromatic rings. The molecule has 6 heteroatoms. The maximum Gasteiger partial charge on any atom is 0.407 e. The maximum atomic E-state index is 11.4. The first-order chi connectivity index (χ1) is 9.62. The molecule has 0 radical (unpaired) electrons. The van der Waals surface area contributed by atoms with Gasteiger partial charge in [0.25, 0.3) is 0 Å². The molecule has 1 unspecified atom stereocenters.